The highest BCUT2D eigenvalue weighted by atomic mass is 19.2. The summed E-state index contributed by atoms with van der Waals surface area (Å²) in [7, 11) is 0. The molecule has 1 rings (SSSR count). The molecule has 64 valence electrons. The molecule has 0 bridgehead atoms. The number of rotatable bonds is 1. The number of nitrogen functional groups attached to an aromatic ring is 1. The zero-order valence-electron chi connectivity index (χ0n) is 5.97. The fraction of sp³-hybridized carbons (Fsp3) is 0. The first-order chi connectivity index (χ1) is 5.52. The number of nitrogens with two attached hydrogens (primary N) is 2. The van der Waals surface area contributed by atoms with E-state index in [1.165, 1.54) is 0 Å². The minimum Gasteiger partial charge on any atom is -0.399 e. The molecule has 0 atom stereocenters. The third kappa shape index (κ3) is 1.34. The maximum Gasteiger partial charge on any atom is 0.251 e. The van der Waals surface area contributed by atoms with E-state index in [0.717, 1.165) is 12.1 Å². The van der Waals surface area contributed by atoms with Crippen LogP contribution >= 0.6 is 0 Å². The summed E-state index contributed by atoms with van der Waals surface area (Å²) < 4.78 is 25.2. The Balaban J connectivity index is 3.37. The number of halogens is 2. The topological polar surface area (TPSA) is 69.1 Å². The standard InChI is InChI=1S/C7H6F2N2O/c8-5-2-3(10)1-4(6(5)9)7(11)12/h1-2H,10H2,(H2,11,12). The SMILES string of the molecule is NC(=O)c1cc(N)cc(F)c1F. The second-order valence-electron chi connectivity index (χ2n) is 2.23. The van der Waals surface area contributed by atoms with Crippen molar-refractivity contribution in [3.63, 3.8) is 0 Å². The highest BCUT2D eigenvalue weighted by Crippen LogP contribution is 2.15. The molecule has 4 N–H and O–H groups in total. The third-order valence-electron chi connectivity index (χ3n) is 1.32. The van der Waals surface area contributed by atoms with E-state index in [-0.39, 0.29) is 5.69 Å². The second kappa shape index (κ2) is 2.77. The molecule has 0 aliphatic carbocycles. The fourth-order valence-electron chi connectivity index (χ4n) is 0.789. The minimum absolute atomic E-state index is 0.0392. The van der Waals surface area contributed by atoms with Gasteiger partial charge in [-0.2, -0.15) is 0 Å². The molecule has 0 heterocycles. The Morgan fingerprint density at radius 1 is 1.33 bits per heavy atom. The molecule has 0 aliphatic rings. The molecule has 0 aromatic heterocycles. The summed E-state index contributed by atoms with van der Waals surface area (Å²) in [5.41, 5.74) is 9.33. The Morgan fingerprint density at radius 2 is 1.92 bits per heavy atom. The Bertz CT molecular complexity index is 338. The van der Waals surface area contributed by atoms with Gasteiger partial charge in [0.25, 0.3) is 5.91 Å². The highest BCUT2D eigenvalue weighted by Gasteiger charge is 2.13. The summed E-state index contributed by atoms with van der Waals surface area (Å²) in [6.07, 6.45) is 0. The number of carbonyl (C=O) groups is 1. The third-order valence-corrected chi connectivity index (χ3v) is 1.32. The quantitative estimate of drug-likeness (QED) is 0.610. The van der Waals surface area contributed by atoms with Crippen molar-refractivity contribution >= 4 is 11.6 Å². The van der Waals surface area contributed by atoms with Crippen LogP contribution in [0.2, 0.25) is 0 Å². The summed E-state index contributed by atoms with van der Waals surface area (Å²) in [5, 5.41) is 0. The van der Waals surface area contributed by atoms with Crippen LogP contribution in [-0.4, -0.2) is 5.91 Å². The molecule has 0 saturated carbocycles. The van der Waals surface area contributed by atoms with Crippen molar-refractivity contribution in [1.29, 1.82) is 0 Å². The number of hydrogen-bond donors (Lipinski definition) is 2. The number of anilines is 1. The van der Waals surface area contributed by atoms with E-state index in [4.69, 9.17) is 11.5 Å². The van der Waals surface area contributed by atoms with Crippen LogP contribution in [-0.2, 0) is 0 Å². The Labute approximate surface area is 67.0 Å². The van der Waals surface area contributed by atoms with Crippen LogP contribution in [0.5, 0.6) is 0 Å². The predicted octanol–water partition coefficient (Wildman–Crippen LogP) is 0.646. The van der Waals surface area contributed by atoms with Crippen LogP contribution in [0.25, 0.3) is 0 Å². The van der Waals surface area contributed by atoms with Gasteiger partial charge >= 0.3 is 0 Å². The molecule has 0 radical (unpaired) electrons. The largest absolute Gasteiger partial charge is 0.399 e. The Morgan fingerprint density at radius 3 is 2.42 bits per heavy atom. The van der Waals surface area contributed by atoms with Crippen molar-refractivity contribution in [3.8, 4) is 0 Å². The van der Waals surface area contributed by atoms with Crippen molar-refractivity contribution in [3.05, 3.63) is 29.3 Å². The Hall–Kier alpha value is -1.65. The molecule has 0 fully saturated rings. The summed E-state index contributed by atoms with van der Waals surface area (Å²) in [6, 6.07) is 1.77. The average molecular weight is 172 g/mol. The highest BCUT2D eigenvalue weighted by molar-refractivity contribution is 5.93. The van der Waals surface area contributed by atoms with Crippen LogP contribution in [0.3, 0.4) is 0 Å². The Kier molecular flexibility index (Phi) is 1.95. The number of primary amides is 1. The summed E-state index contributed by atoms with van der Waals surface area (Å²) in [6.45, 7) is 0. The van der Waals surface area contributed by atoms with Gasteiger partial charge in [-0.3, -0.25) is 4.79 Å². The first-order valence-corrected chi connectivity index (χ1v) is 3.06. The van der Waals surface area contributed by atoms with Crippen molar-refractivity contribution in [2.24, 2.45) is 5.73 Å². The van der Waals surface area contributed by atoms with E-state index in [2.05, 4.69) is 0 Å². The average Bonchev–Trinajstić information content (AvgIpc) is 1.96. The molecule has 1 aromatic rings. The minimum atomic E-state index is -1.27. The first kappa shape index (κ1) is 8.45. The molecule has 3 nitrogen and oxygen atoms in total. The van der Waals surface area contributed by atoms with Crippen LogP contribution in [0.1, 0.15) is 10.4 Å². The monoisotopic (exact) mass is 172 g/mol. The molecule has 1 amide bonds. The van der Waals surface area contributed by atoms with Crippen molar-refractivity contribution in [2.75, 3.05) is 5.73 Å². The van der Waals surface area contributed by atoms with Gasteiger partial charge in [0.2, 0.25) is 0 Å². The first-order valence-electron chi connectivity index (χ1n) is 3.06. The summed E-state index contributed by atoms with van der Waals surface area (Å²) >= 11 is 0. The molecule has 12 heavy (non-hydrogen) atoms. The van der Waals surface area contributed by atoms with Crippen molar-refractivity contribution in [2.45, 2.75) is 0 Å². The predicted molar refractivity (Wildman–Crippen MR) is 39.3 cm³/mol. The van der Waals surface area contributed by atoms with Crippen LogP contribution in [0, 0.1) is 11.6 Å². The molecular formula is C7H6F2N2O. The molecule has 0 aliphatic heterocycles. The zero-order valence-corrected chi connectivity index (χ0v) is 5.97. The van der Waals surface area contributed by atoms with E-state index in [1.54, 1.807) is 0 Å². The maximum absolute atomic E-state index is 12.7. The summed E-state index contributed by atoms with van der Waals surface area (Å²) in [5.74, 6) is -3.49. The van der Waals surface area contributed by atoms with Crippen LogP contribution < -0.4 is 11.5 Å². The number of amides is 1. The second-order valence-corrected chi connectivity index (χ2v) is 2.23. The van der Waals surface area contributed by atoms with Gasteiger partial charge in [-0.05, 0) is 12.1 Å². The lowest BCUT2D eigenvalue weighted by Gasteiger charge is -2.00. The number of carbonyl (C=O) groups excluding carboxylic acids is 1. The number of hydrogen-bond acceptors (Lipinski definition) is 2. The molecule has 1 aromatic carbocycles. The van der Waals surface area contributed by atoms with Gasteiger partial charge in [-0.25, -0.2) is 8.78 Å². The van der Waals surface area contributed by atoms with Crippen LogP contribution in [0.4, 0.5) is 14.5 Å². The van der Waals surface area contributed by atoms with Crippen molar-refractivity contribution in [1.82, 2.24) is 0 Å². The van der Waals surface area contributed by atoms with Gasteiger partial charge in [0.1, 0.15) is 0 Å². The van der Waals surface area contributed by atoms with Gasteiger partial charge in [0.05, 0.1) is 5.56 Å². The zero-order chi connectivity index (χ0) is 9.30. The normalized spacial score (nSPS) is 9.83. The van der Waals surface area contributed by atoms with Gasteiger partial charge in [-0.1, -0.05) is 0 Å². The molecule has 5 heteroatoms. The van der Waals surface area contributed by atoms with E-state index < -0.39 is 23.1 Å². The molecule has 0 spiro atoms. The van der Waals surface area contributed by atoms with E-state index in [0.29, 0.717) is 0 Å². The van der Waals surface area contributed by atoms with E-state index >= 15 is 0 Å². The summed E-state index contributed by atoms with van der Waals surface area (Å²) in [4.78, 5) is 10.5. The molecular weight excluding hydrogens is 166 g/mol. The van der Waals surface area contributed by atoms with E-state index in [1.807, 2.05) is 0 Å². The lowest BCUT2D eigenvalue weighted by Crippen LogP contribution is -2.14. The lowest BCUT2D eigenvalue weighted by atomic mass is 10.2. The number of benzene rings is 1. The lowest BCUT2D eigenvalue weighted by molar-refractivity contribution is 0.0995. The molecule has 0 saturated heterocycles. The van der Waals surface area contributed by atoms with Gasteiger partial charge in [0, 0.05) is 5.69 Å². The van der Waals surface area contributed by atoms with Crippen molar-refractivity contribution < 1.29 is 13.6 Å². The maximum atomic E-state index is 12.7. The molecule has 0 unspecified atom stereocenters. The van der Waals surface area contributed by atoms with Crippen LogP contribution in [0.15, 0.2) is 12.1 Å². The van der Waals surface area contributed by atoms with Gasteiger partial charge < -0.3 is 11.5 Å². The smallest absolute Gasteiger partial charge is 0.251 e. The van der Waals surface area contributed by atoms with Gasteiger partial charge in [-0.15, -0.1) is 0 Å². The fourth-order valence-corrected chi connectivity index (χ4v) is 0.789. The van der Waals surface area contributed by atoms with E-state index in [9.17, 15) is 13.6 Å². The van der Waals surface area contributed by atoms with Gasteiger partial charge in [0.15, 0.2) is 11.6 Å².